The summed E-state index contributed by atoms with van der Waals surface area (Å²) in [5.41, 5.74) is 5.50. The van der Waals surface area contributed by atoms with Gasteiger partial charge in [0.25, 0.3) is 0 Å². The largest absolute Gasteiger partial charge is 0.573 e. The summed E-state index contributed by atoms with van der Waals surface area (Å²) in [6, 6.07) is 6.33. The van der Waals surface area contributed by atoms with Crippen molar-refractivity contribution in [3.05, 3.63) is 53.6 Å². The number of ether oxygens (including phenoxy) is 2. The van der Waals surface area contributed by atoms with Gasteiger partial charge in [-0.3, -0.25) is 9.88 Å². The van der Waals surface area contributed by atoms with Crippen molar-refractivity contribution in [3.63, 3.8) is 0 Å². The minimum absolute atomic E-state index is 0.213. The smallest absolute Gasteiger partial charge is 0.443 e. The van der Waals surface area contributed by atoms with E-state index in [0.29, 0.717) is 17.8 Å². The topological polar surface area (TPSA) is 77.7 Å². The molecule has 0 aliphatic carbocycles. The minimum Gasteiger partial charge on any atom is -0.443 e. The Hall–Kier alpha value is -2.88. The fourth-order valence-electron chi connectivity index (χ4n) is 3.49. The minimum atomic E-state index is -5.02. The first-order chi connectivity index (χ1) is 14.3. The number of aromatic nitrogens is 1. The van der Waals surface area contributed by atoms with Crippen LogP contribution < -0.4 is 15.4 Å². The Balaban J connectivity index is 2.03. The second-order valence-electron chi connectivity index (χ2n) is 8.27. The lowest BCUT2D eigenvalue weighted by atomic mass is 9.83. The second-order valence-corrected chi connectivity index (χ2v) is 8.27. The zero-order valence-corrected chi connectivity index (χ0v) is 17.3. The summed E-state index contributed by atoms with van der Waals surface area (Å²) in [6.07, 6.45) is -3.42. The van der Waals surface area contributed by atoms with E-state index in [1.165, 1.54) is 17.2 Å². The van der Waals surface area contributed by atoms with Crippen LogP contribution in [0, 0.1) is 5.82 Å². The summed E-state index contributed by atoms with van der Waals surface area (Å²) >= 11 is 0. The van der Waals surface area contributed by atoms with Gasteiger partial charge in [-0.25, -0.2) is 9.18 Å². The van der Waals surface area contributed by atoms with Crippen LogP contribution in [0.4, 0.5) is 28.0 Å². The van der Waals surface area contributed by atoms with Gasteiger partial charge in [0.15, 0.2) is 11.6 Å². The van der Waals surface area contributed by atoms with E-state index in [1.807, 2.05) is 0 Å². The van der Waals surface area contributed by atoms with Crippen LogP contribution in [0.5, 0.6) is 5.75 Å². The molecule has 1 atom stereocenters. The first-order valence-corrected chi connectivity index (χ1v) is 9.61. The third-order valence-electron chi connectivity index (χ3n) is 4.74. The zero-order chi connectivity index (χ0) is 23.0. The van der Waals surface area contributed by atoms with Crippen molar-refractivity contribution >= 4 is 11.8 Å². The Bertz CT molecular complexity index is 975. The number of halogens is 4. The first kappa shape index (κ1) is 22.8. The number of rotatable bonds is 2. The van der Waals surface area contributed by atoms with Crippen LogP contribution in [0.15, 0.2) is 36.5 Å². The molecule has 0 bridgehead atoms. The van der Waals surface area contributed by atoms with E-state index < -0.39 is 35.2 Å². The van der Waals surface area contributed by atoms with Gasteiger partial charge in [-0.2, -0.15) is 0 Å². The highest BCUT2D eigenvalue weighted by atomic mass is 19.4. The summed E-state index contributed by atoms with van der Waals surface area (Å²) in [6.45, 7) is 5.51. The van der Waals surface area contributed by atoms with E-state index >= 15 is 0 Å². The Labute approximate surface area is 177 Å². The van der Waals surface area contributed by atoms with Gasteiger partial charge < -0.3 is 15.2 Å². The van der Waals surface area contributed by atoms with Crippen LogP contribution >= 0.6 is 0 Å². The Morgan fingerprint density at radius 3 is 2.55 bits per heavy atom. The molecule has 1 unspecified atom stereocenters. The van der Waals surface area contributed by atoms with Gasteiger partial charge in [0, 0.05) is 12.7 Å². The van der Waals surface area contributed by atoms with E-state index in [4.69, 9.17) is 10.5 Å². The fourth-order valence-corrected chi connectivity index (χ4v) is 3.49. The molecule has 168 valence electrons. The summed E-state index contributed by atoms with van der Waals surface area (Å²) in [5.74, 6) is -2.16. The molecule has 2 heterocycles. The van der Waals surface area contributed by atoms with Gasteiger partial charge in [0.05, 0.1) is 16.9 Å². The number of alkyl halides is 3. The van der Waals surface area contributed by atoms with Crippen molar-refractivity contribution in [2.24, 2.45) is 5.73 Å². The molecule has 0 spiro atoms. The number of anilines is 1. The molecule has 3 rings (SSSR count). The second kappa shape index (κ2) is 7.99. The number of nitrogens with zero attached hydrogens (tertiary/aromatic N) is 2. The maximum absolute atomic E-state index is 14.4. The molecule has 1 aliphatic heterocycles. The number of benzene rings is 1. The number of carbonyl (C=O) groups is 1. The molecule has 31 heavy (non-hydrogen) atoms. The lowest BCUT2D eigenvalue weighted by Crippen LogP contribution is -2.40. The van der Waals surface area contributed by atoms with Crippen molar-refractivity contribution < 1.29 is 31.8 Å². The van der Waals surface area contributed by atoms with Gasteiger partial charge >= 0.3 is 12.5 Å². The lowest BCUT2D eigenvalue weighted by Gasteiger charge is -2.31. The predicted octanol–water partition coefficient (Wildman–Crippen LogP) is 4.86. The Morgan fingerprint density at radius 1 is 1.23 bits per heavy atom. The highest BCUT2D eigenvalue weighted by Crippen LogP contribution is 2.40. The number of nitrogens with two attached hydrogens (primary N) is 1. The lowest BCUT2D eigenvalue weighted by molar-refractivity contribution is -0.275. The van der Waals surface area contributed by atoms with Crippen molar-refractivity contribution in [2.75, 3.05) is 11.4 Å². The molecule has 1 amide bonds. The molecule has 1 aliphatic rings. The molecule has 0 radical (unpaired) electrons. The van der Waals surface area contributed by atoms with Gasteiger partial charge in [-0.1, -0.05) is 6.07 Å². The number of hydrogen-bond acceptors (Lipinski definition) is 5. The highest BCUT2D eigenvalue weighted by Gasteiger charge is 2.40. The van der Waals surface area contributed by atoms with Crippen LogP contribution in [0.25, 0.3) is 0 Å². The molecule has 2 N–H and O–H groups in total. The third-order valence-corrected chi connectivity index (χ3v) is 4.74. The molecular formula is C21H23F4N3O3. The van der Waals surface area contributed by atoms with E-state index in [-0.39, 0.29) is 18.5 Å². The highest BCUT2D eigenvalue weighted by molar-refractivity contribution is 5.89. The van der Waals surface area contributed by atoms with E-state index in [0.717, 1.165) is 12.1 Å². The molecule has 0 saturated heterocycles. The van der Waals surface area contributed by atoms with Gasteiger partial charge in [-0.15, -0.1) is 13.2 Å². The molecular weight excluding hydrogens is 418 g/mol. The standard InChI is InChI=1S/C21H23F4N3O3/c1-19(2,3)31-18(29)28-11-5-9-20(26,17-15(28)6-4-10-27-17)13-7-8-16(14(22)12-13)30-21(23,24)25/h4,6-8,10,12H,5,9,11,26H2,1-3H3. The molecule has 1 aromatic heterocycles. The van der Waals surface area contributed by atoms with Gasteiger partial charge in [0.2, 0.25) is 0 Å². The van der Waals surface area contributed by atoms with Gasteiger partial charge in [-0.05, 0) is 63.4 Å². The van der Waals surface area contributed by atoms with Crippen LogP contribution in [0.3, 0.4) is 0 Å². The van der Waals surface area contributed by atoms with Crippen LogP contribution in [0.2, 0.25) is 0 Å². The number of amides is 1. The summed E-state index contributed by atoms with van der Waals surface area (Å²) < 4.78 is 61.0. The van der Waals surface area contributed by atoms with E-state index in [2.05, 4.69) is 9.72 Å². The summed E-state index contributed by atoms with van der Waals surface area (Å²) in [5, 5.41) is 0. The van der Waals surface area contributed by atoms with Crippen molar-refractivity contribution in [1.29, 1.82) is 0 Å². The molecule has 0 fully saturated rings. The molecule has 10 heteroatoms. The number of hydrogen-bond donors (Lipinski definition) is 1. The number of pyridine rings is 1. The Morgan fingerprint density at radius 2 is 1.94 bits per heavy atom. The van der Waals surface area contributed by atoms with Crippen LogP contribution in [-0.2, 0) is 10.3 Å². The monoisotopic (exact) mass is 441 g/mol. The molecule has 6 nitrogen and oxygen atoms in total. The van der Waals surface area contributed by atoms with Crippen molar-refractivity contribution in [1.82, 2.24) is 4.98 Å². The zero-order valence-electron chi connectivity index (χ0n) is 17.3. The van der Waals surface area contributed by atoms with E-state index in [1.54, 1.807) is 32.9 Å². The predicted molar refractivity (Wildman–Crippen MR) is 105 cm³/mol. The fraction of sp³-hybridized carbons (Fsp3) is 0.429. The van der Waals surface area contributed by atoms with Crippen LogP contribution in [-0.4, -0.2) is 29.6 Å². The molecule has 0 saturated carbocycles. The van der Waals surface area contributed by atoms with Gasteiger partial charge in [0.1, 0.15) is 5.60 Å². The van der Waals surface area contributed by atoms with E-state index in [9.17, 15) is 22.4 Å². The normalized spacial score (nSPS) is 19.4. The third kappa shape index (κ3) is 5.07. The Kier molecular flexibility index (Phi) is 5.88. The summed E-state index contributed by atoms with van der Waals surface area (Å²) in [4.78, 5) is 18.5. The first-order valence-electron chi connectivity index (χ1n) is 9.61. The quantitative estimate of drug-likeness (QED) is 0.674. The molecule has 2 aromatic rings. The maximum atomic E-state index is 14.4. The molecule has 1 aromatic carbocycles. The average Bonchev–Trinajstić information content (AvgIpc) is 2.79. The summed E-state index contributed by atoms with van der Waals surface area (Å²) in [7, 11) is 0. The number of fused-ring (bicyclic) bond motifs is 1. The van der Waals surface area contributed by atoms with Crippen LogP contribution in [0.1, 0.15) is 44.9 Å². The van der Waals surface area contributed by atoms with Crippen molar-refractivity contribution in [3.8, 4) is 5.75 Å². The SMILES string of the molecule is CC(C)(C)OC(=O)N1CCCC(N)(c2ccc(OC(F)(F)F)c(F)c2)c2ncccc21. The number of carbonyl (C=O) groups excluding carboxylic acids is 1. The average molecular weight is 441 g/mol. The van der Waals surface area contributed by atoms with Crippen molar-refractivity contribution in [2.45, 2.75) is 51.1 Å². The maximum Gasteiger partial charge on any atom is 0.573 e.